The van der Waals surface area contributed by atoms with Gasteiger partial charge >= 0.3 is 0 Å². The Kier molecular flexibility index (Phi) is 11.7. The average Bonchev–Trinajstić information content (AvgIpc) is 3.12. The Bertz CT molecular complexity index is 2190. The largest absolute Gasteiger partial charge is 0.206 e. The van der Waals surface area contributed by atoms with E-state index in [1.165, 1.54) is 28.3 Å². The molecule has 0 spiro atoms. The van der Waals surface area contributed by atoms with Crippen LogP contribution in [0, 0.1) is 80.9 Å². The summed E-state index contributed by atoms with van der Waals surface area (Å²) < 4.78 is 14.2. The van der Waals surface area contributed by atoms with Gasteiger partial charge < -0.3 is 0 Å². The molecule has 0 bridgehead atoms. The molecule has 6 aromatic carbocycles. The molecule has 0 fully saturated rings. The van der Waals surface area contributed by atoms with Crippen LogP contribution in [0.5, 0.6) is 0 Å². The molecular formula is C48H35F. The van der Waals surface area contributed by atoms with E-state index in [9.17, 15) is 4.39 Å². The second-order valence-electron chi connectivity index (χ2n) is 11.7. The minimum atomic E-state index is -0.352. The van der Waals surface area contributed by atoms with Crippen LogP contribution in [-0.4, -0.2) is 0 Å². The maximum Gasteiger partial charge on any atom is 0.140 e. The van der Waals surface area contributed by atoms with Crippen LogP contribution in [0.15, 0.2) is 140 Å². The smallest absolute Gasteiger partial charge is 0.140 e. The molecule has 0 unspecified atom stereocenters. The van der Waals surface area contributed by atoms with Gasteiger partial charge in [-0.25, -0.2) is 4.39 Å². The summed E-state index contributed by atoms with van der Waals surface area (Å²) >= 11 is 0. The van der Waals surface area contributed by atoms with E-state index < -0.39 is 0 Å². The molecule has 234 valence electrons. The SMILES string of the molecule is Cc1ccc(C#Cc2ccc(C#Cc3ccc(C)cc3)c(F)c2)cc1.Cc1ccc(C#Cc2ccc(C#Cc3ccc(C)cc3)cc2)cc1. The van der Waals surface area contributed by atoms with Crippen molar-refractivity contribution in [3.05, 3.63) is 212 Å². The first-order valence-electron chi connectivity index (χ1n) is 16.0. The van der Waals surface area contributed by atoms with Gasteiger partial charge in [0.15, 0.2) is 0 Å². The summed E-state index contributed by atoms with van der Waals surface area (Å²) in [5.74, 6) is 24.3. The van der Waals surface area contributed by atoms with Crippen LogP contribution in [0.1, 0.15) is 66.8 Å². The summed E-state index contributed by atoms with van der Waals surface area (Å²) in [6, 6.07) is 45.2. The Morgan fingerprint density at radius 1 is 0.286 bits per heavy atom. The van der Waals surface area contributed by atoms with Crippen LogP contribution >= 0.6 is 0 Å². The lowest BCUT2D eigenvalue weighted by atomic mass is 10.1. The van der Waals surface area contributed by atoms with Gasteiger partial charge in [0, 0.05) is 38.9 Å². The van der Waals surface area contributed by atoms with Crippen LogP contribution in [-0.2, 0) is 0 Å². The van der Waals surface area contributed by atoms with Gasteiger partial charge in [-0.15, -0.1) is 0 Å². The first kappa shape index (κ1) is 33.8. The highest BCUT2D eigenvalue weighted by Gasteiger charge is 2.00. The molecule has 6 rings (SSSR count). The van der Waals surface area contributed by atoms with Gasteiger partial charge in [0.05, 0.1) is 5.56 Å². The first-order valence-corrected chi connectivity index (χ1v) is 16.0. The highest BCUT2D eigenvalue weighted by Crippen LogP contribution is 2.11. The molecule has 0 aliphatic rings. The van der Waals surface area contributed by atoms with Crippen LogP contribution < -0.4 is 0 Å². The van der Waals surface area contributed by atoms with Gasteiger partial charge in [0.25, 0.3) is 0 Å². The molecule has 0 N–H and O–H groups in total. The predicted octanol–water partition coefficient (Wildman–Crippen LogP) is 10.3. The Labute approximate surface area is 290 Å². The maximum atomic E-state index is 14.2. The van der Waals surface area contributed by atoms with Gasteiger partial charge in [0.1, 0.15) is 5.82 Å². The number of benzene rings is 6. The Hall–Kier alpha value is -6.51. The van der Waals surface area contributed by atoms with Crippen LogP contribution in [0.3, 0.4) is 0 Å². The van der Waals surface area contributed by atoms with E-state index >= 15 is 0 Å². The van der Waals surface area contributed by atoms with Crippen LogP contribution in [0.25, 0.3) is 0 Å². The minimum absolute atomic E-state index is 0.352. The van der Waals surface area contributed by atoms with Crippen LogP contribution in [0.4, 0.5) is 4.39 Å². The molecule has 1 heteroatoms. The summed E-state index contributed by atoms with van der Waals surface area (Å²) in [4.78, 5) is 0. The average molecular weight is 631 g/mol. The fourth-order valence-electron chi connectivity index (χ4n) is 4.45. The normalized spacial score (nSPS) is 9.49. The summed E-state index contributed by atoms with van der Waals surface area (Å²) in [6.45, 7) is 8.21. The van der Waals surface area contributed by atoms with E-state index in [0.29, 0.717) is 11.1 Å². The lowest BCUT2D eigenvalue weighted by molar-refractivity contribution is 0.624. The maximum absolute atomic E-state index is 14.2. The van der Waals surface area contributed by atoms with Gasteiger partial charge in [-0.2, -0.15) is 0 Å². The van der Waals surface area contributed by atoms with Gasteiger partial charge in [-0.3, -0.25) is 0 Å². The molecule has 0 radical (unpaired) electrons. The number of hydrogen-bond acceptors (Lipinski definition) is 0. The molecular weight excluding hydrogens is 596 g/mol. The molecule has 0 heterocycles. The van der Waals surface area contributed by atoms with Crippen molar-refractivity contribution in [2.24, 2.45) is 0 Å². The standard InChI is InChI=1S/C24H17F.C24H18/c1-18-3-7-20(8-4-18)11-12-22-14-16-23(24(25)17-22)15-13-21-9-5-19(2)6-10-21;1-19-3-7-21(8-4-19)11-13-23-15-17-24(18-16-23)14-12-22-9-5-20(2)6-10-22/h3-10,14,16-17H,1-2H3;3-10,15-18H,1-2H3. The van der Waals surface area contributed by atoms with Crippen molar-refractivity contribution in [2.75, 3.05) is 0 Å². The fraction of sp³-hybridized carbons (Fsp3) is 0.0833. The molecule has 0 aliphatic heterocycles. The van der Waals surface area contributed by atoms with E-state index in [1.54, 1.807) is 12.1 Å². The molecule has 0 atom stereocenters. The first-order chi connectivity index (χ1) is 23.8. The molecule has 0 saturated carbocycles. The third-order valence-electron chi connectivity index (χ3n) is 7.46. The van der Waals surface area contributed by atoms with Crippen molar-refractivity contribution in [3.63, 3.8) is 0 Å². The summed E-state index contributed by atoms with van der Waals surface area (Å²) in [6.07, 6.45) is 0. The second kappa shape index (κ2) is 16.9. The van der Waals surface area contributed by atoms with Crippen molar-refractivity contribution in [3.8, 4) is 47.4 Å². The molecule has 0 aliphatic carbocycles. The minimum Gasteiger partial charge on any atom is -0.206 e. The monoisotopic (exact) mass is 630 g/mol. The van der Waals surface area contributed by atoms with E-state index in [2.05, 4.69) is 85.5 Å². The molecule has 0 aromatic heterocycles. The third-order valence-corrected chi connectivity index (χ3v) is 7.46. The molecule has 0 saturated heterocycles. The molecule has 0 nitrogen and oxygen atoms in total. The lowest BCUT2D eigenvalue weighted by Gasteiger charge is -1.96. The van der Waals surface area contributed by atoms with Crippen molar-refractivity contribution < 1.29 is 4.39 Å². The van der Waals surface area contributed by atoms with Gasteiger partial charge in [0.2, 0.25) is 0 Å². The van der Waals surface area contributed by atoms with Crippen molar-refractivity contribution in [1.29, 1.82) is 0 Å². The van der Waals surface area contributed by atoms with Gasteiger partial charge in [-0.1, -0.05) is 118 Å². The van der Waals surface area contributed by atoms with Crippen molar-refractivity contribution in [2.45, 2.75) is 27.7 Å². The quantitative estimate of drug-likeness (QED) is 0.147. The topological polar surface area (TPSA) is 0 Å². The van der Waals surface area contributed by atoms with E-state index in [-0.39, 0.29) is 5.82 Å². The molecule has 49 heavy (non-hydrogen) atoms. The van der Waals surface area contributed by atoms with Crippen molar-refractivity contribution >= 4 is 0 Å². The number of rotatable bonds is 0. The van der Waals surface area contributed by atoms with E-state index in [4.69, 9.17) is 0 Å². The Balaban J connectivity index is 0.000000191. The fourth-order valence-corrected chi connectivity index (χ4v) is 4.45. The molecule has 0 amide bonds. The van der Waals surface area contributed by atoms with Gasteiger partial charge in [-0.05, 0) is 119 Å². The third kappa shape index (κ3) is 11.1. The number of hydrogen-bond donors (Lipinski definition) is 0. The predicted molar refractivity (Wildman–Crippen MR) is 201 cm³/mol. The van der Waals surface area contributed by atoms with Crippen LogP contribution in [0.2, 0.25) is 0 Å². The summed E-state index contributed by atoms with van der Waals surface area (Å²) in [5.41, 5.74) is 11.7. The summed E-state index contributed by atoms with van der Waals surface area (Å²) in [5, 5.41) is 0. The zero-order valence-electron chi connectivity index (χ0n) is 28.2. The van der Waals surface area contributed by atoms with Crippen molar-refractivity contribution in [1.82, 2.24) is 0 Å². The zero-order chi connectivity index (χ0) is 34.4. The Morgan fingerprint density at radius 3 is 0.796 bits per heavy atom. The number of halogens is 1. The second-order valence-corrected chi connectivity index (χ2v) is 11.7. The molecule has 6 aromatic rings. The highest BCUT2D eigenvalue weighted by atomic mass is 19.1. The Morgan fingerprint density at radius 2 is 0.510 bits per heavy atom. The lowest BCUT2D eigenvalue weighted by Crippen LogP contribution is -1.86. The van der Waals surface area contributed by atoms with E-state index in [1.807, 2.05) is 111 Å². The summed E-state index contributed by atoms with van der Waals surface area (Å²) in [7, 11) is 0. The number of aryl methyl sites for hydroxylation is 4. The zero-order valence-corrected chi connectivity index (χ0v) is 28.2. The highest BCUT2D eigenvalue weighted by molar-refractivity contribution is 5.50. The van der Waals surface area contributed by atoms with E-state index in [0.717, 1.165) is 33.4 Å².